The summed E-state index contributed by atoms with van der Waals surface area (Å²) >= 11 is 0. The molecule has 196 valence electrons. The summed E-state index contributed by atoms with van der Waals surface area (Å²) in [5, 5.41) is 26.8. The molecule has 0 radical (unpaired) electrons. The maximum Gasteiger partial charge on any atom is 0.326 e. The van der Waals surface area contributed by atoms with Crippen LogP contribution in [-0.2, 0) is 19.2 Å². The number of carboxylic acids is 1. The largest absolute Gasteiger partial charge is 0.480 e. The molecule has 34 heavy (non-hydrogen) atoms. The van der Waals surface area contributed by atoms with Gasteiger partial charge in [0.2, 0.25) is 17.7 Å². The lowest BCUT2D eigenvalue weighted by atomic mass is 10.00. The molecule has 0 fully saturated rings. The highest BCUT2D eigenvalue weighted by Crippen LogP contribution is 2.09. The first kappa shape index (κ1) is 31.1. The molecule has 3 amide bonds. The van der Waals surface area contributed by atoms with Crippen LogP contribution in [0.5, 0.6) is 0 Å². The molecule has 11 N–H and O–H groups in total. The minimum absolute atomic E-state index is 0.0170. The monoisotopic (exact) mass is 487 g/mol. The molecular formula is C21H41N7O6. The van der Waals surface area contributed by atoms with Crippen molar-refractivity contribution in [1.82, 2.24) is 16.0 Å². The van der Waals surface area contributed by atoms with Crippen LogP contribution in [0.2, 0.25) is 0 Å². The van der Waals surface area contributed by atoms with Crippen LogP contribution in [0.15, 0.2) is 4.99 Å². The molecule has 0 saturated carbocycles. The molecule has 13 nitrogen and oxygen atoms in total. The molecule has 0 saturated heterocycles. The molecule has 5 atom stereocenters. The van der Waals surface area contributed by atoms with E-state index < -0.39 is 54.0 Å². The summed E-state index contributed by atoms with van der Waals surface area (Å²) in [5.41, 5.74) is 16.3. The van der Waals surface area contributed by atoms with Crippen LogP contribution < -0.4 is 33.2 Å². The second kappa shape index (κ2) is 15.1. The zero-order valence-corrected chi connectivity index (χ0v) is 20.6. The molecule has 0 heterocycles. The molecule has 5 unspecified atom stereocenters. The van der Waals surface area contributed by atoms with Gasteiger partial charge in [-0.2, -0.15) is 0 Å². The first-order valence-electron chi connectivity index (χ1n) is 11.3. The fourth-order valence-corrected chi connectivity index (χ4v) is 3.05. The van der Waals surface area contributed by atoms with Crippen molar-refractivity contribution in [2.24, 2.45) is 34.0 Å². The minimum atomic E-state index is -1.38. The summed E-state index contributed by atoms with van der Waals surface area (Å²) in [6.07, 6.45) is -0.411. The van der Waals surface area contributed by atoms with E-state index in [4.69, 9.17) is 17.2 Å². The van der Waals surface area contributed by atoms with Gasteiger partial charge in [0.15, 0.2) is 5.96 Å². The maximum absolute atomic E-state index is 12.9. The highest BCUT2D eigenvalue weighted by atomic mass is 16.4. The maximum atomic E-state index is 12.9. The second-order valence-electron chi connectivity index (χ2n) is 9.04. The lowest BCUT2D eigenvalue weighted by molar-refractivity contribution is -0.143. The third kappa shape index (κ3) is 11.8. The molecule has 0 rings (SSSR count). The van der Waals surface area contributed by atoms with Crippen molar-refractivity contribution in [1.29, 1.82) is 0 Å². The van der Waals surface area contributed by atoms with E-state index in [9.17, 15) is 29.4 Å². The van der Waals surface area contributed by atoms with E-state index >= 15 is 0 Å². The third-order valence-electron chi connectivity index (χ3n) is 4.94. The average molecular weight is 488 g/mol. The van der Waals surface area contributed by atoms with Gasteiger partial charge in [-0.3, -0.25) is 19.4 Å². The number of hydrogen-bond acceptors (Lipinski definition) is 7. The summed E-state index contributed by atoms with van der Waals surface area (Å²) in [6, 6.07) is -4.55. The van der Waals surface area contributed by atoms with Crippen molar-refractivity contribution < 1.29 is 29.4 Å². The zero-order chi connectivity index (χ0) is 26.6. The van der Waals surface area contributed by atoms with Gasteiger partial charge >= 0.3 is 5.97 Å². The highest BCUT2D eigenvalue weighted by molar-refractivity contribution is 5.94. The number of amides is 3. The molecule has 0 aliphatic heterocycles. The van der Waals surface area contributed by atoms with Gasteiger partial charge in [-0.25, -0.2) is 4.79 Å². The van der Waals surface area contributed by atoms with E-state index in [0.717, 1.165) is 0 Å². The second-order valence-corrected chi connectivity index (χ2v) is 9.04. The van der Waals surface area contributed by atoms with Crippen LogP contribution in [-0.4, -0.2) is 76.7 Å². The van der Waals surface area contributed by atoms with Crippen LogP contribution in [0.1, 0.15) is 53.9 Å². The van der Waals surface area contributed by atoms with E-state index in [1.165, 1.54) is 6.92 Å². The predicted molar refractivity (Wildman–Crippen MR) is 127 cm³/mol. The van der Waals surface area contributed by atoms with Crippen LogP contribution in [0.3, 0.4) is 0 Å². The molecular weight excluding hydrogens is 446 g/mol. The standard InChI is InChI=1S/C21H41N7O6/c1-10(2)9-14(18(31)27-15(11(3)4)20(33)34)26-19(32)16(12(5)29)28-17(30)13(22)7-6-8-25-21(23)24/h10-16,29H,6-9,22H2,1-5H3,(H,26,32)(H,27,31)(H,28,30)(H,33,34)(H4,23,24,25). The highest BCUT2D eigenvalue weighted by Gasteiger charge is 2.33. The molecule has 0 aromatic rings. The summed E-state index contributed by atoms with van der Waals surface area (Å²) < 4.78 is 0. The Morgan fingerprint density at radius 1 is 0.882 bits per heavy atom. The fourth-order valence-electron chi connectivity index (χ4n) is 3.05. The zero-order valence-electron chi connectivity index (χ0n) is 20.6. The smallest absolute Gasteiger partial charge is 0.326 e. The van der Waals surface area contributed by atoms with Gasteiger partial charge in [-0.05, 0) is 38.0 Å². The fraction of sp³-hybridized carbons (Fsp3) is 0.762. The quantitative estimate of drug-likeness (QED) is 0.0722. The Morgan fingerprint density at radius 2 is 1.44 bits per heavy atom. The van der Waals surface area contributed by atoms with Crippen molar-refractivity contribution in [2.45, 2.75) is 84.2 Å². The van der Waals surface area contributed by atoms with E-state index in [0.29, 0.717) is 6.42 Å². The summed E-state index contributed by atoms with van der Waals surface area (Å²) in [6.45, 7) is 8.55. The lowest BCUT2D eigenvalue weighted by Gasteiger charge is -2.27. The molecule has 0 aliphatic rings. The predicted octanol–water partition coefficient (Wildman–Crippen LogP) is -2.01. The normalized spacial score (nSPS) is 15.6. The number of nitrogens with two attached hydrogens (primary N) is 3. The Hall–Kier alpha value is -2.93. The van der Waals surface area contributed by atoms with Gasteiger partial charge in [-0.15, -0.1) is 0 Å². The number of hydrogen-bond donors (Lipinski definition) is 8. The number of aliphatic carboxylic acids is 1. The number of nitrogens with one attached hydrogen (secondary N) is 3. The van der Waals surface area contributed by atoms with E-state index in [2.05, 4.69) is 20.9 Å². The number of guanidine groups is 1. The first-order valence-corrected chi connectivity index (χ1v) is 11.3. The van der Waals surface area contributed by atoms with E-state index in [-0.39, 0.29) is 37.2 Å². The van der Waals surface area contributed by atoms with Crippen LogP contribution in [0.25, 0.3) is 0 Å². The Kier molecular flexibility index (Phi) is 13.8. The van der Waals surface area contributed by atoms with Crippen LogP contribution >= 0.6 is 0 Å². The average Bonchev–Trinajstić information content (AvgIpc) is 2.70. The Bertz CT molecular complexity index is 722. The third-order valence-corrected chi connectivity index (χ3v) is 4.94. The molecule has 0 aromatic heterocycles. The number of carbonyl (C=O) groups is 4. The topological polar surface area (TPSA) is 235 Å². The van der Waals surface area contributed by atoms with Crippen LogP contribution in [0, 0.1) is 11.8 Å². The van der Waals surface area contributed by atoms with Gasteiger partial charge in [0.25, 0.3) is 0 Å². The van der Waals surface area contributed by atoms with Gasteiger partial charge in [0.1, 0.15) is 18.1 Å². The number of aliphatic hydroxyl groups is 1. The Balaban J connectivity index is 5.30. The number of nitrogens with zero attached hydrogens (tertiary/aromatic N) is 1. The number of aliphatic imine (C=N–C) groups is 1. The molecule has 0 aliphatic carbocycles. The number of carboxylic acid groups (broad SMARTS) is 1. The van der Waals surface area contributed by atoms with Crippen molar-refractivity contribution in [3.63, 3.8) is 0 Å². The van der Waals surface area contributed by atoms with Crippen molar-refractivity contribution in [3.05, 3.63) is 0 Å². The summed E-state index contributed by atoms with van der Waals surface area (Å²) in [5.74, 6) is -3.80. The molecule has 0 aromatic carbocycles. The number of carbonyl (C=O) groups excluding carboxylic acids is 3. The summed E-state index contributed by atoms with van der Waals surface area (Å²) in [4.78, 5) is 53.3. The van der Waals surface area contributed by atoms with Crippen LogP contribution in [0.4, 0.5) is 0 Å². The van der Waals surface area contributed by atoms with Gasteiger partial charge in [0.05, 0.1) is 12.1 Å². The van der Waals surface area contributed by atoms with Gasteiger partial charge in [-0.1, -0.05) is 27.7 Å². The van der Waals surface area contributed by atoms with Crippen molar-refractivity contribution in [3.8, 4) is 0 Å². The van der Waals surface area contributed by atoms with Crippen molar-refractivity contribution in [2.75, 3.05) is 6.54 Å². The van der Waals surface area contributed by atoms with Gasteiger partial charge in [0, 0.05) is 6.54 Å². The van der Waals surface area contributed by atoms with Crippen molar-refractivity contribution >= 4 is 29.7 Å². The lowest BCUT2D eigenvalue weighted by Crippen LogP contribution is -2.60. The van der Waals surface area contributed by atoms with E-state index in [1.54, 1.807) is 13.8 Å². The van der Waals surface area contributed by atoms with E-state index in [1.807, 2.05) is 13.8 Å². The SMILES string of the molecule is CC(C)CC(NC(=O)C(NC(=O)C(N)CCCN=C(N)N)C(C)O)C(=O)NC(C(=O)O)C(C)C. The Labute approximate surface area is 200 Å². The summed E-state index contributed by atoms with van der Waals surface area (Å²) in [7, 11) is 0. The Morgan fingerprint density at radius 3 is 1.88 bits per heavy atom. The minimum Gasteiger partial charge on any atom is -0.480 e. The molecule has 0 bridgehead atoms. The number of aliphatic hydroxyl groups excluding tert-OH is 1. The first-order chi connectivity index (χ1) is 15.7. The molecule has 0 spiro atoms. The van der Waals surface area contributed by atoms with Gasteiger partial charge < -0.3 is 43.4 Å². The molecule has 13 heteroatoms. The number of rotatable bonds is 15.